The van der Waals surface area contributed by atoms with Gasteiger partial charge in [0.2, 0.25) is 5.89 Å². The number of nitrogens with zero attached hydrogens (tertiary/aromatic N) is 2. The van der Waals surface area contributed by atoms with Gasteiger partial charge in [-0.2, -0.15) is 4.98 Å². The van der Waals surface area contributed by atoms with Gasteiger partial charge in [-0.3, -0.25) is 0 Å². The molecule has 0 aliphatic carbocycles. The van der Waals surface area contributed by atoms with Gasteiger partial charge in [0.15, 0.2) is 5.82 Å². The molecule has 1 aromatic heterocycles. The normalized spacial score (nSPS) is 12.6. The summed E-state index contributed by atoms with van der Waals surface area (Å²) in [7, 11) is 0. The molecule has 0 aliphatic rings. The molecule has 20 heavy (non-hydrogen) atoms. The van der Waals surface area contributed by atoms with Gasteiger partial charge in [-0.05, 0) is 37.4 Å². The van der Waals surface area contributed by atoms with Crippen LogP contribution >= 0.6 is 11.8 Å². The Kier molecular flexibility index (Phi) is 5.61. The highest BCUT2D eigenvalue weighted by atomic mass is 32.2. The van der Waals surface area contributed by atoms with Crippen LogP contribution in [-0.2, 0) is 12.2 Å². The van der Waals surface area contributed by atoms with Crippen molar-refractivity contribution < 1.29 is 4.52 Å². The molecular formula is C15H21N3OS. The van der Waals surface area contributed by atoms with E-state index >= 15 is 0 Å². The van der Waals surface area contributed by atoms with Crippen molar-refractivity contribution in [3.8, 4) is 0 Å². The summed E-state index contributed by atoms with van der Waals surface area (Å²) in [6, 6.07) is 8.32. The highest BCUT2D eigenvalue weighted by molar-refractivity contribution is 7.98. The van der Waals surface area contributed by atoms with Crippen molar-refractivity contribution in [1.82, 2.24) is 10.1 Å². The molecule has 1 heterocycles. The molecule has 2 aromatic rings. The molecule has 0 saturated carbocycles. The number of benzene rings is 1. The van der Waals surface area contributed by atoms with E-state index in [0.717, 1.165) is 24.4 Å². The van der Waals surface area contributed by atoms with E-state index in [1.807, 2.05) is 12.1 Å². The van der Waals surface area contributed by atoms with E-state index in [1.165, 1.54) is 10.5 Å². The van der Waals surface area contributed by atoms with Gasteiger partial charge >= 0.3 is 0 Å². The van der Waals surface area contributed by atoms with E-state index in [0.29, 0.717) is 18.4 Å². The number of aryl methyl sites for hydroxylation is 2. The van der Waals surface area contributed by atoms with Crippen LogP contribution < -0.4 is 5.73 Å². The van der Waals surface area contributed by atoms with Crippen molar-refractivity contribution in [3.63, 3.8) is 0 Å². The molecule has 4 nitrogen and oxygen atoms in total. The second-order valence-electron chi connectivity index (χ2n) is 5.04. The summed E-state index contributed by atoms with van der Waals surface area (Å²) >= 11 is 1.74. The van der Waals surface area contributed by atoms with Crippen LogP contribution in [0.2, 0.25) is 0 Å². The van der Waals surface area contributed by atoms with Crippen LogP contribution in [0.4, 0.5) is 0 Å². The largest absolute Gasteiger partial charge is 0.339 e. The molecule has 5 heteroatoms. The predicted octanol–water partition coefficient (Wildman–Crippen LogP) is 3.20. The molecule has 2 rings (SSSR count). The Morgan fingerprint density at radius 3 is 2.90 bits per heavy atom. The molecule has 0 radical (unpaired) electrons. The fourth-order valence-electron chi connectivity index (χ4n) is 1.80. The average molecular weight is 291 g/mol. The van der Waals surface area contributed by atoms with Gasteiger partial charge in [0.1, 0.15) is 0 Å². The summed E-state index contributed by atoms with van der Waals surface area (Å²) in [5, 5.41) is 4.03. The Balaban J connectivity index is 1.85. The Bertz CT molecular complexity index is 541. The fraction of sp³-hybridized carbons (Fsp3) is 0.467. The van der Waals surface area contributed by atoms with Crippen LogP contribution in [0.15, 0.2) is 33.7 Å². The Morgan fingerprint density at radius 2 is 2.15 bits per heavy atom. The summed E-state index contributed by atoms with van der Waals surface area (Å²) in [5.41, 5.74) is 6.87. The summed E-state index contributed by atoms with van der Waals surface area (Å²) < 4.78 is 5.26. The smallest absolute Gasteiger partial charge is 0.226 e. The lowest BCUT2D eigenvalue weighted by Crippen LogP contribution is -2.11. The minimum atomic E-state index is 0.492. The molecule has 1 unspecified atom stereocenters. The number of thioether (sulfide) groups is 1. The molecule has 0 fully saturated rings. The van der Waals surface area contributed by atoms with Crippen LogP contribution in [0.3, 0.4) is 0 Å². The van der Waals surface area contributed by atoms with Crippen molar-refractivity contribution in [1.29, 1.82) is 0 Å². The third-order valence-corrected chi connectivity index (χ3v) is 4.39. The van der Waals surface area contributed by atoms with Crippen molar-refractivity contribution in [2.24, 2.45) is 11.7 Å². The third-order valence-electron chi connectivity index (χ3n) is 3.21. The first-order chi connectivity index (χ1) is 9.69. The highest BCUT2D eigenvalue weighted by Crippen LogP contribution is 2.24. The minimum Gasteiger partial charge on any atom is -0.339 e. The van der Waals surface area contributed by atoms with Crippen LogP contribution in [0.25, 0.3) is 0 Å². The summed E-state index contributed by atoms with van der Waals surface area (Å²) in [6.07, 6.45) is 1.80. The lowest BCUT2D eigenvalue weighted by Gasteiger charge is -2.04. The van der Waals surface area contributed by atoms with Crippen LogP contribution in [0, 0.1) is 12.8 Å². The van der Waals surface area contributed by atoms with Gasteiger partial charge in [0, 0.05) is 11.3 Å². The topological polar surface area (TPSA) is 64.9 Å². The first-order valence-corrected chi connectivity index (χ1v) is 7.87. The van der Waals surface area contributed by atoms with Gasteiger partial charge in [0.25, 0.3) is 0 Å². The van der Waals surface area contributed by atoms with E-state index in [9.17, 15) is 0 Å². The van der Waals surface area contributed by atoms with E-state index < -0.39 is 0 Å². The monoisotopic (exact) mass is 291 g/mol. The van der Waals surface area contributed by atoms with Gasteiger partial charge in [-0.15, -0.1) is 11.8 Å². The predicted molar refractivity (Wildman–Crippen MR) is 81.6 cm³/mol. The summed E-state index contributed by atoms with van der Waals surface area (Å²) in [4.78, 5) is 5.68. The number of hydrogen-bond donors (Lipinski definition) is 1. The zero-order chi connectivity index (χ0) is 14.4. The summed E-state index contributed by atoms with van der Waals surface area (Å²) in [6.45, 7) is 4.94. The number of aromatic nitrogens is 2. The quantitative estimate of drug-likeness (QED) is 0.794. The molecular weight excluding hydrogens is 270 g/mol. The Hall–Kier alpha value is -1.33. The maximum atomic E-state index is 5.60. The first-order valence-electron chi connectivity index (χ1n) is 6.89. The standard InChI is InChI=1S/C15H21N3OS/c1-11(9-16)7-8-15-17-14(18-19-15)10-20-13-6-4-3-5-12(13)2/h3-6,11H,7-10,16H2,1-2H3. The van der Waals surface area contributed by atoms with Crippen LogP contribution in [-0.4, -0.2) is 16.7 Å². The third kappa shape index (κ3) is 4.35. The van der Waals surface area contributed by atoms with E-state index in [1.54, 1.807) is 11.8 Å². The maximum Gasteiger partial charge on any atom is 0.226 e. The van der Waals surface area contributed by atoms with Gasteiger partial charge in [-0.25, -0.2) is 0 Å². The second kappa shape index (κ2) is 7.45. The van der Waals surface area contributed by atoms with E-state index in [4.69, 9.17) is 10.3 Å². The zero-order valence-electron chi connectivity index (χ0n) is 12.0. The van der Waals surface area contributed by atoms with E-state index in [2.05, 4.69) is 36.1 Å². The SMILES string of the molecule is Cc1ccccc1SCc1noc(CCC(C)CN)n1. The Labute approximate surface area is 124 Å². The molecule has 0 spiro atoms. The molecule has 1 aromatic carbocycles. The lowest BCUT2D eigenvalue weighted by atomic mass is 10.1. The Morgan fingerprint density at radius 1 is 1.35 bits per heavy atom. The molecule has 2 N–H and O–H groups in total. The molecule has 108 valence electrons. The number of rotatable bonds is 7. The van der Waals surface area contributed by atoms with Crippen molar-refractivity contribution in [3.05, 3.63) is 41.5 Å². The number of nitrogens with two attached hydrogens (primary N) is 1. The zero-order valence-corrected chi connectivity index (χ0v) is 12.8. The van der Waals surface area contributed by atoms with E-state index in [-0.39, 0.29) is 0 Å². The summed E-state index contributed by atoms with van der Waals surface area (Å²) in [5.74, 6) is 2.70. The van der Waals surface area contributed by atoms with Gasteiger partial charge in [0.05, 0.1) is 5.75 Å². The van der Waals surface area contributed by atoms with Crippen LogP contribution in [0.5, 0.6) is 0 Å². The van der Waals surface area contributed by atoms with Gasteiger partial charge in [-0.1, -0.05) is 30.3 Å². The second-order valence-corrected chi connectivity index (χ2v) is 6.06. The maximum absolute atomic E-state index is 5.60. The molecule has 0 amide bonds. The van der Waals surface area contributed by atoms with Gasteiger partial charge < -0.3 is 10.3 Å². The molecule has 1 atom stereocenters. The lowest BCUT2D eigenvalue weighted by molar-refractivity contribution is 0.362. The molecule has 0 bridgehead atoms. The average Bonchev–Trinajstić information content (AvgIpc) is 2.92. The molecule has 0 saturated heterocycles. The van der Waals surface area contributed by atoms with Crippen LogP contribution in [0.1, 0.15) is 30.6 Å². The highest BCUT2D eigenvalue weighted by Gasteiger charge is 2.09. The fourth-order valence-corrected chi connectivity index (χ4v) is 2.67. The molecule has 0 aliphatic heterocycles. The minimum absolute atomic E-state index is 0.492. The van der Waals surface area contributed by atoms with Crippen molar-refractivity contribution in [2.75, 3.05) is 6.54 Å². The first kappa shape index (κ1) is 15.1. The number of hydrogen-bond acceptors (Lipinski definition) is 5. The van der Waals surface area contributed by atoms with Crippen molar-refractivity contribution in [2.45, 2.75) is 37.3 Å². The van der Waals surface area contributed by atoms with Crippen molar-refractivity contribution >= 4 is 11.8 Å².